The molecule has 0 aromatic carbocycles. The molecule has 0 saturated heterocycles. The van der Waals surface area contributed by atoms with Gasteiger partial charge in [-0.3, -0.25) is 4.48 Å². The number of halogens is 1. The maximum atomic E-state index is 10.0. The Morgan fingerprint density at radius 3 is 1.15 bits per heavy atom. The van der Waals surface area contributed by atoms with Crippen LogP contribution >= 0.6 is 0 Å². The summed E-state index contributed by atoms with van der Waals surface area (Å²) in [6.45, 7) is 9.61. The fraction of sp³-hybridized carbons (Fsp3) is 1.00. The molecule has 3 nitrogen and oxygen atoms in total. The molecule has 0 aliphatic rings. The van der Waals surface area contributed by atoms with Gasteiger partial charge in [0.15, 0.2) is 12.5 Å². The molecule has 2 unspecified atom stereocenters. The third-order valence-corrected chi connectivity index (χ3v) is 6.01. The van der Waals surface area contributed by atoms with E-state index in [1.807, 2.05) is 0 Å². The van der Waals surface area contributed by atoms with Crippen molar-refractivity contribution in [2.75, 3.05) is 13.1 Å². The Hall–Kier alpha value is 0.170. The van der Waals surface area contributed by atoms with Gasteiger partial charge >= 0.3 is 0 Å². The number of aliphatic hydroxyl groups excluding tert-OH is 2. The highest BCUT2D eigenvalue weighted by molar-refractivity contribution is 4.51. The lowest BCUT2D eigenvalue weighted by Crippen LogP contribution is -3.00. The number of rotatable bonds is 18. The second-order valence-electron chi connectivity index (χ2n) is 8.00. The van der Waals surface area contributed by atoms with Gasteiger partial charge in [0.2, 0.25) is 0 Å². The maximum absolute atomic E-state index is 10.0. The van der Waals surface area contributed by atoms with Crippen LogP contribution in [0.25, 0.3) is 0 Å². The van der Waals surface area contributed by atoms with E-state index in [-0.39, 0.29) is 12.4 Å². The summed E-state index contributed by atoms with van der Waals surface area (Å²) in [6.07, 6.45) is 18.0. The summed E-state index contributed by atoms with van der Waals surface area (Å²) < 4.78 is 0.415. The SMILES string of the molecule is CCCCCCCCCCCCCCCC[N+](CC)(C(C)O)C(C)O.[Cl-]. The van der Waals surface area contributed by atoms with Gasteiger partial charge in [0, 0.05) is 13.8 Å². The molecule has 0 bridgehead atoms. The van der Waals surface area contributed by atoms with E-state index in [4.69, 9.17) is 0 Å². The standard InChI is InChI=1S/C22H48NO2.ClH/c1-5-7-8-9-10-11-12-13-14-15-16-17-18-19-20-23(6-2,21(3)24)22(4)25;/h21-22,24-25H,5-20H2,1-4H3;1H/q+1;/p-1. The molecule has 0 heterocycles. The van der Waals surface area contributed by atoms with Crippen LogP contribution in [0.2, 0.25) is 0 Å². The molecule has 0 aliphatic heterocycles. The fourth-order valence-electron chi connectivity index (χ4n) is 3.97. The smallest absolute Gasteiger partial charge is 0.189 e. The van der Waals surface area contributed by atoms with E-state index in [1.165, 1.54) is 83.5 Å². The first-order valence-electron chi connectivity index (χ1n) is 11.2. The number of unbranched alkanes of at least 4 members (excludes halogenated alkanes) is 13. The van der Waals surface area contributed by atoms with E-state index in [9.17, 15) is 10.2 Å². The number of nitrogens with zero attached hydrogens (tertiary/aromatic N) is 1. The predicted octanol–water partition coefficient (Wildman–Crippen LogP) is 2.99. The Labute approximate surface area is 170 Å². The lowest BCUT2D eigenvalue weighted by molar-refractivity contribution is -1.00. The van der Waals surface area contributed by atoms with Gasteiger partial charge in [0.25, 0.3) is 0 Å². The van der Waals surface area contributed by atoms with Crippen LogP contribution in [0, 0.1) is 0 Å². The highest BCUT2D eigenvalue weighted by atomic mass is 35.5. The molecule has 160 valence electrons. The number of hydrogen-bond donors (Lipinski definition) is 2. The summed E-state index contributed by atoms with van der Waals surface area (Å²) in [5, 5.41) is 20.1. The van der Waals surface area contributed by atoms with Gasteiger partial charge in [-0.05, 0) is 19.8 Å². The van der Waals surface area contributed by atoms with Crippen LogP contribution in [0.15, 0.2) is 0 Å². The van der Waals surface area contributed by atoms with Crippen molar-refractivity contribution >= 4 is 0 Å². The minimum Gasteiger partial charge on any atom is -1.00 e. The zero-order valence-corrected chi connectivity index (χ0v) is 18.9. The molecule has 0 aliphatic carbocycles. The quantitative estimate of drug-likeness (QED) is 0.213. The van der Waals surface area contributed by atoms with Gasteiger partial charge in [-0.1, -0.05) is 84.0 Å². The average Bonchev–Trinajstić information content (AvgIpc) is 2.58. The van der Waals surface area contributed by atoms with Crippen molar-refractivity contribution in [1.82, 2.24) is 0 Å². The second-order valence-corrected chi connectivity index (χ2v) is 8.00. The Bertz CT molecular complexity index is 277. The van der Waals surface area contributed by atoms with Crippen molar-refractivity contribution in [3.05, 3.63) is 0 Å². The normalized spacial score (nSPS) is 15.9. The van der Waals surface area contributed by atoms with Crippen molar-refractivity contribution in [2.24, 2.45) is 0 Å². The summed E-state index contributed by atoms with van der Waals surface area (Å²) in [6, 6.07) is 0. The molecular formula is C22H48ClNO2. The molecule has 0 aromatic rings. The van der Waals surface area contributed by atoms with E-state index < -0.39 is 12.5 Å². The Morgan fingerprint density at radius 2 is 0.885 bits per heavy atom. The summed E-state index contributed by atoms with van der Waals surface area (Å²) in [7, 11) is 0. The lowest BCUT2D eigenvalue weighted by atomic mass is 10.0. The molecule has 2 N–H and O–H groups in total. The minimum absolute atomic E-state index is 0. The van der Waals surface area contributed by atoms with Crippen molar-refractivity contribution in [2.45, 2.75) is 130 Å². The van der Waals surface area contributed by atoms with E-state index in [0.29, 0.717) is 4.48 Å². The Kier molecular flexibility index (Phi) is 20.2. The van der Waals surface area contributed by atoms with Gasteiger partial charge in [0.05, 0.1) is 13.1 Å². The molecule has 0 spiro atoms. The number of hydrogen-bond acceptors (Lipinski definition) is 2. The molecule has 4 heteroatoms. The van der Waals surface area contributed by atoms with E-state index in [1.54, 1.807) is 13.8 Å². The molecule has 0 amide bonds. The van der Waals surface area contributed by atoms with Crippen LogP contribution in [0.5, 0.6) is 0 Å². The van der Waals surface area contributed by atoms with Crippen molar-refractivity contribution < 1.29 is 27.1 Å². The molecule has 2 atom stereocenters. The molecule has 26 heavy (non-hydrogen) atoms. The van der Waals surface area contributed by atoms with Gasteiger partial charge in [-0.15, -0.1) is 0 Å². The van der Waals surface area contributed by atoms with Crippen molar-refractivity contribution in [3.8, 4) is 0 Å². The van der Waals surface area contributed by atoms with Gasteiger partial charge in [-0.2, -0.15) is 0 Å². The second kappa shape index (κ2) is 18.5. The average molecular weight is 394 g/mol. The van der Waals surface area contributed by atoms with E-state index in [0.717, 1.165) is 19.5 Å². The third kappa shape index (κ3) is 12.5. The Balaban J connectivity index is 0. The van der Waals surface area contributed by atoms with Gasteiger partial charge < -0.3 is 22.6 Å². The molecule has 0 fully saturated rings. The van der Waals surface area contributed by atoms with E-state index in [2.05, 4.69) is 13.8 Å². The zero-order valence-electron chi connectivity index (χ0n) is 18.2. The molecule has 0 radical (unpaired) electrons. The minimum atomic E-state index is -0.494. The van der Waals surface area contributed by atoms with Crippen LogP contribution in [0.1, 0.15) is 118 Å². The van der Waals surface area contributed by atoms with Crippen LogP contribution in [0.3, 0.4) is 0 Å². The highest BCUT2D eigenvalue weighted by Crippen LogP contribution is 2.19. The Morgan fingerprint density at radius 1 is 0.577 bits per heavy atom. The first kappa shape index (κ1) is 28.4. The first-order chi connectivity index (χ1) is 12.0. The lowest BCUT2D eigenvalue weighted by Gasteiger charge is -2.42. The van der Waals surface area contributed by atoms with E-state index >= 15 is 0 Å². The maximum Gasteiger partial charge on any atom is 0.189 e. The predicted molar refractivity (Wildman–Crippen MR) is 109 cm³/mol. The van der Waals surface area contributed by atoms with Gasteiger partial charge in [0.1, 0.15) is 0 Å². The fourth-order valence-corrected chi connectivity index (χ4v) is 3.97. The van der Waals surface area contributed by atoms with Crippen LogP contribution in [-0.4, -0.2) is 40.2 Å². The summed E-state index contributed by atoms with van der Waals surface area (Å²) in [5.74, 6) is 0. The van der Waals surface area contributed by atoms with Crippen LogP contribution in [-0.2, 0) is 0 Å². The van der Waals surface area contributed by atoms with Crippen LogP contribution < -0.4 is 12.4 Å². The zero-order chi connectivity index (χ0) is 19.0. The number of quaternary nitrogens is 1. The molecule has 0 saturated carbocycles. The first-order valence-corrected chi connectivity index (χ1v) is 11.2. The van der Waals surface area contributed by atoms with Crippen LogP contribution in [0.4, 0.5) is 0 Å². The van der Waals surface area contributed by atoms with Crippen molar-refractivity contribution in [1.29, 1.82) is 0 Å². The van der Waals surface area contributed by atoms with Crippen molar-refractivity contribution in [3.63, 3.8) is 0 Å². The third-order valence-electron chi connectivity index (χ3n) is 6.01. The number of aliphatic hydroxyl groups is 2. The topological polar surface area (TPSA) is 40.5 Å². The molecule has 0 aromatic heterocycles. The summed E-state index contributed by atoms with van der Waals surface area (Å²) in [4.78, 5) is 0. The molecular weight excluding hydrogens is 346 g/mol. The highest BCUT2D eigenvalue weighted by Gasteiger charge is 2.35. The van der Waals surface area contributed by atoms with Gasteiger partial charge in [-0.25, -0.2) is 0 Å². The molecule has 0 rings (SSSR count). The monoisotopic (exact) mass is 393 g/mol. The summed E-state index contributed by atoms with van der Waals surface area (Å²) in [5.41, 5.74) is 0. The summed E-state index contributed by atoms with van der Waals surface area (Å²) >= 11 is 0. The largest absolute Gasteiger partial charge is 1.00 e.